The molecule has 1 saturated carbocycles. The molecule has 20 heavy (non-hydrogen) atoms. The smallest absolute Gasteiger partial charge is 0.326 e. The number of carbonyl (C=O) groups excluding carboxylic acids is 2. The fraction of sp³-hybridized carbons (Fsp3) is 0.769. The number of carboxylic acids is 1. The number of aliphatic hydroxyl groups is 1. The highest BCUT2D eigenvalue weighted by molar-refractivity contribution is 5.92. The molecule has 3 rings (SSSR count). The number of likely N-dealkylation sites (tertiary alicyclic amines) is 2. The zero-order valence-electron chi connectivity index (χ0n) is 11.1. The van der Waals surface area contributed by atoms with Gasteiger partial charge in [0.2, 0.25) is 11.8 Å². The van der Waals surface area contributed by atoms with E-state index in [1.807, 2.05) is 0 Å². The molecule has 3 aliphatic rings. The van der Waals surface area contributed by atoms with Crippen molar-refractivity contribution in [1.82, 2.24) is 9.80 Å². The third kappa shape index (κ3) is 2.26. The Morgan fingerprint density at radius 2 is 1.90 bits per heavy atom. The lowest BCUT2D eigenvalue weighted by Gasteiger charge is -2.24. The lowest BCUT2D eigenvalue weighted by molar-refractivity contribution is -0.149. The average Bonchev–Trinajstić information content (AvgIpc) is 3.04. The molecule has 3 atom stereocenters. The first-order valence-electron chi connectivity index (χ1n) is 6.98. The van der Waals surface area contributed by atoms with Gasteiger partial charge in [0.15, 0.2) is 0 Å². The van der Waals surface area contributed by atoms with Gasteiger partial charge in [0.05, 0.1) is 12.0 Å². The number of rotatable bonds is 3. The second-order valence-corrected chi connectivity index (χ2v) is 5.91. The molecule has 3 fully saturated rings. The second-order valence-electron chi connectivity index (χ2n) is 5.91. The summed E-state index contributed by atoms with van der Waals surface area (Å²) in [5, 5.41) is 18.7. The normalized spacial score (nSPS) is 33.9. The Labute approximate surface area is 116 Å². The zero-order chi connectivity index (χ0) is 14.4. The summed E-state index contributed by atoms with van der Waals surface area (Å²) < 4.78 is 0. The van der Waals surface area contributed by atoms with Crippen molar-refractivity contribution in [3.8, 4) is 0 Å². The first kappa shape index (κ1) is 13.4. The van der Waals surface area contributed by atoms with Crippen LogP contribution < -0.4 is 0 Å². The standard InChI is InChI=1S/C13H18N2O5/c16-9-4-10(13(19)20)15(6-9)12(18)7-3-11(17)14(5-7)8-1-2-8/h7-10,16H,1-6H2,(H,19,20)/t7?,9-,10+/m1/s1. The summed E-state index contributed by atoms with van der Waals surface area (Å²) in [6.45, 7) is 0.436. The van der Waals surface area contributed by atoms with Crippen molar-refractivity contribution in [2.45, 2.75) is 43.9 Å². The topological polar surface area (TPSA) is 98.1 Å². The Balaban J connectivity index is 1.69. The SMILES string of the molecule is O=C(O)[C@@H]1C[C@@H](O)CN1C(=O)C1CC(=O)N(C2CC2)C1. The predicted molar refractivity (Wildman–Crippen MR) is 66.6 cm³/mol. The van der Waals surface area contributed by atoms with Crippen LogP contribution in [0.15, 0.2) is 0 Å². The minimum atomic E-state index is -1.10. The van der Waals surface area contributed by atoms with Gasteiger partial charge in [-0.25, -0.2) is 4.79 Å². The largest absolute Gasteiger partial charge is 0.480 e. The summed E-state index contributed by atoms with van der Waals surface area (Å²) in [4.78, 5) is 38.4. The van der Waals surface area contributed by atoms with E-state index in [4.69, 9.17) is 5.11 Å². The Hall–Kier alpha value is -1.63. The van der Waals surface area contributed by atoms with Crippen molar-refractivity contribution in [3.63, 3.8) is 0 Å². The summed E-state index contributed by atoms with van der Waals surface area (Å²) in [6.07, 6.45) is 1.42. The first-order chi connectivity index (χ1) is 9.47. The highest BCUT2D eigenvalue weighted by Gasteiger charge is 2.46. The number of carboxylic acid groups (broad SMARTS) is 1. The Morgan fingerprint density at radius 1 is 1.20 bits per heavy atom. The third-order valence-electron chi connectivity index (χ3n) is 4.34. The molecule has 0 aromatic heterocycles. The molecule has 0 spiro atoms. The fourth-order valence-electron chi connectivity index (χ4n) is 3.16. The van der Waals surface area contributed by atoms with E-state index in [0.29, 0.717) is 6.54 Å². The van der Waals surface area contributed by atoms with E-state index in [-0.39, 0.29) is 37.2 Å². The number of β-amino-alcohol motifs (C(OH)–C–C–N with tert-alkyl or cyclic N) is 1. The van der Waals surface area contributed by atoms with Gasteiger partial charge in [-0.3, -0.25) is 9.59 Å². The summed E-state index contributed by atoms with van der Waals surface area (Å²) in [6, 6.07) is -0.692. The highest BCUT2D eigenvalue weighted by Crippen LogP contribution is 2.34. The van der Waals surface area contributed by atoms with Crippen LogP contribution in [0, 0.1) is 5.92 Å². The molecule has 1 aliphatic carbocycles. The van der Waals surface area contributed by atoms with Gasteiger partial charge in [-0.1, -0.05) is 0 Å². The molecule has 7 heteroatoms. The van der Waals surface area contributed by atoms with Crippen molar-refractivity contribution >= 4 is 17.8 Å². The van der Waals surface area contributed by atoms with Crippen molar-refractivity contribution < 1.29 is 24.6 Å². The quantitative estimate of drug-likeness (QED) is 0.695. The third-order valence-corrected chi connectivity index (χ3v) is 4.34. The van der Waals surface area contributed by atoms with Crippen LogP contribution in [0.4, 0.5) is 0 Å². The van der Waals surface area contributed by atoms with Gasteiger partial charge >= 0.3 is 5.97 Å². The van der Waals surface area contributed by atoms with Crippen LogP contribution in [0.3, 0.4) is 0 Å². The molecule has 0 bridgehead atoms. The number of amides is 2. The molecule has 2 aliphatic heterocycles. The van der Waals surface area contributed by atoms with E-state index in [2.05, 4.69) is 0 Å². The van der Waals surface area contributed by atoms with E-state index >= 15 is 0 Å². The molecule has 1 unspecified atom stereocenters. The van der Waals surface area contributed by atoms with Gasteiger partial charge in [0.25, 0.3) is 0 Å². The van der Waals surface area contributed by atoms with Crippen LogP contribution in [-0.2, 0) is 14.4 Å². The molecule has 2 N–H and O–H groups in total. The number of hydrogen-bond acceptors (Lipinski definition) is 4. The Bertz CT molecular complexity index is 462. The van der Waals surface area contributed by atoms with Crippen LogP contribution in [0.5, 0.6) is 0 Å². The molecule has 0 aromatic carbocycles. The molecule has 2 heterocycles. The van der Waals surface area contributed by atoms with Gasteiger partial charge in [-0.15, -0.1) is 0 Å². The second kappa shape index (κ2) is 4.73. The molecule has 2 saturated heterocycles. The fourth-order valence-corrected chi connectivity index (χ4v) is 3.16. The predicted octanol–water partition coefficient (Wildman–Crippen LogP) is -0.956. The van der Waals surface area contributed by atoms with Crippen molar-refractivity contribution in [2.75, 3.05) is 13.1 Å². The van der Waals surface area contributed by atoms with Crippen molar-refractivity contribution in [1.29, 1.82) is 0 Å². The zero-order valence-corrected chi connectivity index (χ0v) is 11.1. The van der Waals surface area contributed by atoms with Crippen LogP contribution in [0.2, 0.25) is 0 Å². The minimum Gasteiger partial charge on any atom is -0.480 e. The van der Waals surface area contributed by atoms with Crippen molar-refractivity contribution in [3.05, 3.63) is 0 Å². The summed E-state index contributed by atoms with van der Waals surface area (Å²) in [7, 11) is 0. The molecule has 2 amide bonds. The number of aliphatic hydroxyl groups excluding tert-OH is 1. The number of aliphatic carboxylic acids is 1. The van der Waals surface area contributed by atoms with Crippen LogP contribution in [0.1, 0.15) is 25.7 Å². The lowest BCUT2D eigenvalue weighted by atomic mass is 10.1. The number of nitrogens with zero attached hydrogens (tertiary/aromatic N) is 2. The summed E-state index contributed by atoms with van der Waals surface area (Å²) >= 11 is 0. The first-order valence-corrected chi connectivity index (χ1v) is 6.98. The number of hydrogen-bond donors (Lipinski definition) is 2. The molecule has 0 aromatic rings. The maximum Gasteiger partial charge on any atom is 0.326 e. The molecular formula is C13H18N2O5. The highest BCUT2D eigenvalue weighted by atomic mass is 16.4. The molecule has 0 radical (unpaired) electrons. The minimum absolute atomic E-state index is 0.0162. The van der Waals surface area contributed by atoms with E-state index < -0.39 is 24.0 Å². The average molecular weight is 282 g/mol. The van der Waals surface area contributed by atoms with Crippen LogP contribution in [-0.4, -0.2) is 69.1 Å². The van der Waals surface area contributed by atoms with Gasteiger partial charge in [0, 0.05) is 32.0 Å². The van der Waals surface area contributed by atoms with E-state index in [9.17, 15) is 19.5 Å². The van der Waals surface area contributed by atoms with E-state index in [0.717, 1.165) is 12.8 Å². The van der Waals surface area contributed by atoms with Gasteiger partial charge in [-0.2, -0.15) is 0 Å². The van der Waals surface area contributed by atoms with Gasteiger partial charge in [-0.05, 0) is 12.8 Å². The molecular weight excluding hydrogens is 264 g/mol. The molecule has 110 valence electrons. The maximum atomic E-state index is 12.4. The Kier molecular flexibility index (Phi) is 3.16. The van der Waals surface area contributed by atoms with Gasteiger partial charge < -0.3 is 20.0 Å². The van der Waals surface area contributed by atoms with Crippen LogP contribution >= 0.6 is 0 Å². The van der Waals surface area contributed by atoms with Crippen LogP contribution in [0.25, 0.3) is 0 Å². The van der Waals surface area contributed by atoms with E-state index in [1.165, 1.54) is 4.90 Å². The monoisotopic (exact) mass is 282 g/mol. The lowest BCUT2D eigenvalue weighted by Crippen LogP contribution is -2.44. The van der Waals surface area contributed by atoms with Crippen molar-refractivity contribution in [2.24, 2.45) is 5.92 Å². The summed E-state index contributed by atoms with van der Waals surface area (Å²) in [5.41, 5.74) is 0. The maximum absolute atomic E-state index is 12.4. The number of carbonyl (C=O) groups is 3. The van der Waals surface area contributed by atoms with Gasteiger partial charge in [0.1, 0.15) is 6.04 Å². The molecule has 7 nitrogen and oxygen atoms in total. The Morgan fingerprint density at radius 3 is 2.50 bits per heavy atom. The van der Waals surface area contributed by atoms with E-state index in [1.54, 1.807) is 4.90 Å². The summed E-state index contributed by atoms with van der Waals surface area (Å²) in [5.74, 6) is -1.89.